The molecule has 0 heterocycles. The number of carbonyl (C=O) groups excluding carboxylic acids is 2. The smallest absolute Gasteiger partial charge is 0.462 e. The van der Waals surface area contributed by atoms with Crippen LogP contribution in [0.4, 0.5) is 0 Å². The number of ether oxygens (including phenoxy) is 2. The van der Waals surface area contributed by atoms with E-state index in [0.29, 0.717) is 25.7 Å². The Hall–Kier alpha value is -3.27. The van der Waals surface area contributed by atoms with Gasteiger partial charge in [0.1, 0.15) is 43.2 Å². The van der Waals surface area contributed by atoms with Crippen LogP contribution in [0.2, 0.25) is 0 Å². The lowest BCUT2D eigenvalue weighted by Gasteiger charge is -2.41. The molecule has 0 aromatic carbocycles. The van der Waals surface area contributed by atoms with Crippen molar-refractivity contribution < 1.29 is 68.2 Å². The maximum Gasteiger partial charge on any atom is 0.472 e. The SMILES string of the molecule is CCCCC/C=C\C/C=C\C/C=C\C/C=C\CCCC(=O)O[C@H](COC(=O)CCC/C=C\C/C=C\C/C=C\C=C\[C@H](O)CCCCC)COP(=O)(O)OC1[C@H](O)[C@H](O)C(O)[C@H](O)[C@H]1O. The summed E-state index contributed by atoms with van der Waals surface area (Å²) < 4.78 is 33.4. The molecule has 3 unspecified atom stereocenters. The van der Waals surface area contributed by atoms with Gasteiger partial charge in [-0.3, -0.25) is 18.6 Å². The molecule has 1 aliphatic carbocycles. The Morgan fingerprint density at radius 1 is 0.562 bits per heavy atom. The van der Waals surface area contributed by atoms with E-state index in [2.05, 4.69) is 50.3 Å². The predicted molar refractivity (Wildman–Crippen MR) is 250 cm³/mol. The number of aliphatic hydroxyl groups is 6. The van der Waals surface area contributed by atoms with Crippen molar-refractivity contribution in [3.63, 3.8) is 0 Å². The molecule has 7 N–H and O–H groups in total. The fourth-order valence-electron chi connectivity index (χ4n) is 6.20. The third kappa shape index (κ3) is 30.0. The van der Waals surface area contributed by atoms with Gasteiger partial charge in [-0.25, -0.2) is 4.57 Å². The number of allylic oxidation sites excluding steroid dienone is 15. The van der Waals surface area contributed by atoms with Crippen LogP contribution in [0.3, 0.4) is 0 Å². The number of hydrogen-bond donors (Lipinski definition) is 7. The van der Waals surface area contributed by atoms with Gasteiger partial charge in [0, 0.05) is 12.8 Å². The molecule has 364 valence electrons. The van der Waals surface area contributed by atoms with Gasteiger partial charge < -0.3 is 45.0 Å². The van der Waals surface area contributed by atoms with Gasteiger partial charge in [0.15, 0.2) is 6.10 Å². The first-order valence-electron chi connectivity index (χ1n) is 23.1. The van der Waals surface area contributed by atoms with Crippen molar-refractivity contribution in [1.82, 2.24) is 0 Å². The van der Waals surface area contributed by atoms with Gasteiger partial charge in [-0.15, -0.1) is 0 Å². The molecule has 14 nitrogen and oxygen atoms in total. The first kappa shape index (κ1) is 58.7. The van der Waals surface area contributed by atoms with Crippen LogP contribution in [-0.4, -0.2) is 110 Å². The standard InChI is InChI=1S/C49H79O14P/c1-3-5-7-8-9-10-11-12-13-14-15-16-19-23-26-29-33-37-43(52)62-41(39-61-64(58,59)63-49-47(56)45(54)44(53)46(55)48(49)57)38-60-42(51)36-32-28-25-22-20-17-18-21-24-27-31-35-40(50)34-30-6-4-2/h9-10,12-13,15-18,22-27,31,35,40-41,44-50,53-57H,3-8,11,14,19-21,28-30,32-34,36-39H2,1-2H3,(H,58,59)/b10-9-,13-12-,16-15-,18-17-,25-22-,26-23-,27-24-,35-31+/t40-,41-,44?,45-,46+,47-,48-,49?/m1/s1. The van der Waals surface area contributed by atoms with E-state index in [-0.39, 0.29) is 12.8 Å². The third-order valence-electron chi connectivity index (χ3n) is 10.0. The number of hydrogen-bond acceptors (Lipinski definition) is 13. The van der Waals surface area contributed by atoms with Crippen LogP contribution in [0.25, 0.3) is 0 Å². The van der Waals surface area contributed by atoms with Crippen molar-refractivity contribution in [2.75, 3.05) is 13.2 Å². The normalized spacial score (nSPS) is 23.0. The van der Waals surface area contributed by atoms with Gasteiger partial charge >= 0.3 is 19.8 Å². The molecule has 0 radical (unpaired) electrons. The molecule has 0 saturated heterocycles. The molecule has 0 bridgehead atoms. The van der Waals surface area contributed by atoms with E-state index in [9.17, 15) is 49.7 Å². The number of unbranched alkanes of at least 4 members (excludes halogenated alkanes) is 7. The van der Waals surface area contributed by atoms with Crippen molar-refractivity contribution >= 4 is 19.8 Å². The Kier molecular flexibility index (Phi) is 34.8. The van der Waals surface area contributed by atoms with Crippen LogP contribution < -0.4 is 0 Å². The maximum absolute atomic E-state index is 12.8. The molecule has 64 heavy (non-hydrogen) atoms. The molecule has 0 aromatic rings. The van der Waals surface area contributed by atoms with Crippen molar-refractivity contribution in [2.45, 2.75) is 185 Å². The Balaban J connectivity index is 2.57. The lowest BCUT2D eigenvalue weighted by molar-refractivity contribution is -0.220. The molecule has 1 aliphatic rings. The summed E-state index contributed by atoms with van der Waals surface area (Å²) in [6.07, 6.45) is 33.6. The zero-order chi connectivity index (χ0) is 47.3. The lowest BCUT2D eigenvalue weighted by Crippen LogP contribution is -2.64. The van der Waals surface area contributed by atoms with Gasteiger partial charge in [-0.05, 0) is 77.0 Å². The van der Waals surface area contributed by atoms with Crippen molar-refractivity contribution in [1.29, 1.82) is 0 Å². The lowest BCUT2D eigenvalue weighted by atomic mass is 9.85. The second kappa shape index (κ2) is 37.9. The predicted octanol–water partition coefficient (Wildman–Crippen LogP) is 8.02. The number of phosphoric ester groups is 1. The van der Waals surface area contributed by atoms with Crippen LogP contribution >= 0.6 is 7.82 Å². The molecule has 0 spiro atoms. The van der Waals surface area contributed by atoms with Crippen molar-refractivity contribution in [2.24, 2.45) is 0 Å². The van der Waals surface area contributed by atoms with Crippen molar-refractivity contribution in [3.05, 3.63) is 97.2 Å². The van der Waals surface area contributed by atoms with Crippen molar-refractivity contribution in [3.8, 4) is 0 Å². The monoisotopic (exact) mass is 923 g/mol. The summed E-state index contributed by atoms with van der Waals surface area (Å²) in [7, 11) is -5.16. The molecule has 1 saturated carbocycles. The minimum Gasteiger partial charge on any atom is -0.462 e. The van der Waals surface area contributed by atoms with Crippen LogP contribution in [0.5, 0.6) is 0 Å². The highest BCUT2D eigenvalue weighted by molar-refractivity contribution is 7.47. The van der Waals surface area contributed by atoms with Crippen LogP contribution in [-0.2, 0) is 32.7 Å². The zero-order valence-corrected chi connectivity index (χ0v) is 39.0. The number of rotatable bonds is 36. The fraction of sp³-hybridized carbons (Fsp3) is 0.633. The van der Waals surface area contributed by atoms with E-state index in [1.807, 2.05) is 54.7 Å². The van der Waals surface area contributed by atoms with E-state index in [1.165, 1.54) is 19.3 Å². The molecule has 0 aliphatic heterocycles. The summed E-state index contributed by atoms with van der Waals surface area (Å²) in [4.78, 5) is 35.7. The van der Waals surface area contributed by atoms with Crippen LogP contribution in [0.1, 0.15) is 136 Å². The first-order valence-corrected chi connectivity index (χ1v) is 24.6. The molecule has 0 aromatic heterocycles. The fourth-order valence-corrected chi connectivity index (χ4v) is 7.18. The summed E-state index contributed by atoms with van der Waals surface area (Å²) >= 11 is 0. The van der Waals surface area contributed by atoms with Gasteiger partial charge in [0.25, 0.3) is 0 Å². The van der Waals surface area contributed by atoms with Crippen LogP contribution in [0, 0.1) is 0 Å². The molecule has 15 heteroatoms. The molecule has 1 fully saturated rings. The molecule has 9 atom stereocenters. The largest absolute Gasteiger partial charge is 0.472 e. The first-order chi connectivity index (χ1) is 30.8. The van der Waals surface area contributed by atoms with E-state index in [0.717, 1.165) is 64.2 Å². The molecular weight excluding hydrogens is 843 g/mol. The summed E-state index contributed by atoms with van der Waals surface area (Å²) in [5.74, 6) is -1.27. The summed E-state index contributed by atoms with van der Waals surface area (Å²) in [6.45, 7) is 3.03. The highest BCUT2D eigenvalue weighted by Crippen LogP contribution is 2.47. The topological polar surface area (TPSA) is 230 Å². The average Bonchev–Trinajstić information content (AvgIpc) is 3.27. The molecule has 1 rings (SSSR count). The quantitative estimate of drug-likeness (QED) is 0.0104. The summed E-state index contributed by atoms with van der Waals surface area (Å²) in [5.41, 5.74) is 0. The Morgan fingerprint density at radius 3 is 1.55 bits per heavy atom. The number of esters is 2. The number of aliphatic hydroxyl groups excluding tert-OH is 6. The van der Waals surface area contributed by atoms with E-state index >= 15 is 0 Å². The summed E-state index contributed by atoms with van der Waals surface area (Å²) in [5, 5.41) is 60.0. The Bertz CT molecular complexity index is 1500. The zero-order valence-electron chi connectivity index (χ0n) is 38.1. The Labute approximate surface area is 382 Å². The number of carbonyl (C=O) groups is 2. The van der Waals surface area contributed by atoms with Gasteiger partial charge in [0.2, 0.25) is 0 Å². The molecule has 0 amide bonds. The van der Waals surface area contributed by atoms with Gasteiger partial charge in [-0.2, -0.15) is 0 Å². The van der Waals surface area contributed by atoms with E-state index in [1.54, 1.807) is 6.08 Å². The maximum atomic E-state index is 12.8. The van der Waals surface area contributed by atoms with E-state index in [4.69, 9.17) is 18.5 Å². The Morgan fingerprint density at radius 2 is 1.02 bits per heavy atom. The van der Waals surface area contributed by atoms with Gasteiger partial charge in [0.05, 0.1) is 12.7 Å². The van der Waals surface area contributed by atoms with Gasteiger partial charge in [-0.1, -0.05) is 143 Å². The number of phosphoric acid groups is 1. The third-order valence-corrected chi connectivity index (χ3v) is 11.0. The average molecular weight is 923 g/mol. The molecular formula is C49H79O14P. The van der Waals surface area contributed by atoms with E-state index < -0.39 is 81.8 Å². The highest BCUT2D eigenvalue weighted by atomic mass is 31.2. The minimum atomic E-state index is -5.16. The van der Waals surface area contributed by atoms with Crippen LogP contribution in [0.15, 0.2) is 97.2 Å². The summed E-state index contributed by atoms with van der Waals surface area (Å²) in [6, 6.07) is 0. The highest BCUT2D eigenvalue weighted by Gasteiger charge is 2.51. The minimum absolute atomic E-state index is 0.00580. The second-order valence-electron chi connectivity index (χ2n) is 15.7. The second-order valence-corrected chi connectivity index (χ2v) is 17.2.